The van der Waals surface area contributed by atoms with E-state index in [0.29, 0.717) is 34.8 Å². The van der Waals surface area contributed by atoms with Crippen molar-refractivity contribution in [2.75, 3.05) is 28.4 Å². The van der Waals surface area contributed by atoms with Crippen LogP contribution in [0.4, 0.5) is 0 Å². The van der Waals surface area contributed by atoms with E-state index in [1.54, 1.807) is 64.9 Å². The zero-order valence-electron chi connectivity index (χ0n) is 50.7. The number of phenols is 2. The van der Waals surface area contributed by atoms with Crippen molar-refractivity contribution in [2.45, 2.75) is 119 Å². The number of methoxy groups -OCH3 is 4. The van der Waals surface area contributed by atoms with Gasteiger partial charge in [-0.3, -0.25) is 9.59 Å². The molecule has 0 amide bonds. The van der Waals surface area contributed by atoms with Gasteiger partial charge < -0.3 is 29.2 Å². The highest BCUT2D eigenvalue weighted by Crippen LogP contribution is 2.48. The zero-order valence-corrected chi connectivity index (χ0v) is 50.7. The molecule has 0 radical (unpaired) electrons. The fourth-order valence-corrected chi connectivity index (χ4v) is 12.7. The molecule has 2 N–H and O–H groups in total. The maximum absolute atomic E-state index is 13.1. The molecule has 0 fully saturated rings. The summed E-state index contributed by atoms with van der Waals surface area (Å²) < 4.78 is 23.4. The van der Waals surface area contributed by atoms with E-state index < -0.39 is 0 Å². The van der Waals surface area contributed by atoms with Gasteiger partial charge in [-0.05, 0) is 164 Å². The fraction of sp³-hybridized carbons (Fsp3) is 0.306. The second-order valence-electron chi connectivity index (χ2n) is 23.9. The Bertz CT molecular complexity index is 3380. The molecule has 8 nitrogen and oxygen atoms in total. The molecule has 0 unspecified atom stereocenters. The Morgan fingerprint density at radius 2 is 0.695 bits per heavy atom. The molecule has 0 saturated heterocycles. The highest BCUT2D eigenvalue weighted by molar-refractivity contribution is 6.94. The summed E-state index contributed by atoms with van der Waals surface area (Å²) in [5.41, 5.74) is 21.4. The number of carbonyl (C=O) groups excluding carboxylic acids is 2. The molecule has 82 heavy (non-hydrogen) atoms. The Balaban J connectivity index is 0.000000198. The van der Waals surface area contributed by atoms with E-state index >= 15 is 0 Å². The van der Waals surface area contributed by atoms with Crippen molar-refractivity contribution in [3.05, 3.63) is 211 Å². The lowest BCUT2D eigenvalue weighted by molar-refractivity contribution is -0.111. The minimum Gasteiger partial charge on any atom is -0.508 e. The molecule has 10 rings (SSSR count). The lowest BCUT2D eigenvalue weighted by Gasteiger charge is -2.36. The van der Waals surface area contributed by atoms with Gasteiger partial charge in [-0.15, -0.1) is 0 Å². The molecule has 0 aromatic heterocycles. The summed E-state index contributed by atoms with van der Waals surface area (Å²) in [4.78, 5) is 26.1. The molecule has 10 heteroatoms. The van der Waals surface area contributed by atoms with Crippen molar-refractivity contribution in [1.82, 2.24) is 0 Å². The molecule has 420 valence electrons. The van der Waals surface area contributed by atoms with Gasteiger partial charge in [0.1, 0.15) is 34.5 Å². The molecule has 2 aliphatic heterocycles. The van der Waals surface area contributed by atoms with Crippen molar-refractivity contribution < 1.29 is 38.7 Å². The van der Waals surface area contributed by atoms with Gasteiger partial charge in [0, 0.05) is 11.1 Å². The van der Waals surface area contributed by atoms with Gasteiger partial charge in [0.2, 0.25) is 13.4 Å². The largest absolute Gasteiger partial charge is 0.508 e. The number of ether oxygens (including phenoxy) is 4. The van der Waals surface area contributed by atoms with Gasteiger partial charge >= 0.3 is 0 Å². The molecule has 0 atom stereocenters. The SMILES string of the molecule is COc1cccc(OC)c1C1=C2C=CC(=O)C=C2B(c2c(C(C)C)cc(C(C)C)cc2C(C)C)c2cc(O)ccc21.COc1cccc(OC)c1C1=C2C=CC(=O)C=C2B(c2c(C(C)C)cc(C(C)C)cc2C(C)C)c2cc(O)ccc21. The maximum atomic E-state index is 13.1. The average molecular weight is 1090 g/mol. The van der Waals surface area contributed by atoms with E-state index in [4.69, 9.17) is 18.9 Å². The van der Waals surface area contributed by atoms with Crippen LogP contribution in [0.1, 0.15) is 174 Å². The topological polar surface area (TPSA) is 112 Å². The fourth-order valence-electron chi connectivity index (χ4n) is 12.7. The molecule has 0 spiro atoms. The number of hydrogen-bond donors (Lipinski definition) is 2. The number of carbonyl (C=O) groups is 2. The summed E-state index contributed by atoms with van der Waals surface area (Å²) >= 11 is 0. The minimum atomic E-state index is -0.235. The molecular formula is C72H78B2O8. The number of aromatic hydroxyl groups is 2. The first-order valence-electron chi connectivity index (χ1n) is 28.9. The number of allylic oxidation sites excluding steroid dienone is 10. The third-order valence-corrected chi connectivity index (χ3v) is 16.7. The van der Waals surface area contributed by atoms with Gasteiger partial charge in [-0.25, -0.2) is 0 Å². The van der Waals surface area contributed by atoms with Crippen molar-refractivity contribution in [3.8, 4) is 34.5 Å². The summed E-state index contributed by atoms with van der Waals surface area (Å²) in [6.45, 7) is 26.4. The molecule has 6 aromatic rings. The van der Waals surface area contributed by atoms with Crippen LogP contribution >= 0.6 is 0 Å². The van der Waals surface area contributed by atoms with Crippen molar-refractivity contribution in [1.29, 1.82) is 0 Å². The second kappa shape index (κ2) is 23.9. The third-order valence-electron chi connectivity index (χ3n) is 16.7. The number of rotatable bonds is 14. The van der Waals surface area contributed by atoms with Crippen LogP contribution in [0.2, 0.25) is 0 Å². The Morgan fingerprint density at radius 1 is 0.390 bits per heavy atom. The molecule has 4 aliphatic rings. The van der Waals surface area contributed by atoms with Crippen molar-refractivity contribution in [3.63, 3.8) is 0 Å². The van der Waals surface area contributed by atoms with Crippen molar-refractivity contribution >= 4 is 58.0 Å². The van der Waals surface area contributed by atoms with E-state index in [9.17, 15) is 19.8 Å². The Kier molecular flexibility index (Phi) is 17.1. The van der Waals surface area contributed by atoms with E-state index in [1.807, 2.05) is 72.8 Å². The molecule has 6 aromatic carbocycles. The van der Waals surface area contributed by atoms with Gasteiger partial charge in [-0.1, -0.05) is 177 Å². The summed E-state index contributed by atoms with van der Waals surface area (Å²) in [6, 6.07) is 32.1. The quantitative estimate of drug-likeness (QED) is 0.104. The molecule has 2 heterocycles. The van der Waals surface area contributed by atoms with Gasteiger partial charge in [0.25, 0.3) is 0 Å². The van der Waals surface area contributed by atoms with Gasteiger partial charge in [-0.2, -0.15) is 0 Å². The van der Waals surface area contributed by atoms with Crippen LogP contribution in [0.25, 0.3) is 11.1 Å². The Hall–Kier alpha value is -7.97. The number of hydrogen-bond acceptors (Lipinski definition) is 8. The summed E-state index contributed by atoms with van der Waals surface area (Å²) in [5.74, 6) is 4.86. The van der Waals surface area contributed by atoms with Crippen LogP contribution in [0.15, 0.2) is 156 Å². The van der Waals surface area contributed by atoms with Crippen LogP contribution in [0.3, 0.4) is 0 Å². The first-order chi connectivity index (χ1) is 39.1. The van der Waals surface area contributed by atoms with E-state index in [-0.39, 0.29) is 60.2 Å². The normalized spacial score (nSPS) is 14.6. The lowest BCUT2D eigenvalue weighted by atomic mass is 9.30. The lowest BCUT2D eigenvalue weighted by Crippen LogP contribution is -2.52. The first kappa shape index (κ1) is 58.7. The second-order valence-corrected chi connectivity index (χ2v) is 23.9. The van der Waals surface area contributed by atoms with E-state index in [2.05, 4.69) is 107 Å². The number of ketones is 2. The molecule has 0 bridgehead atoms. The molecule has 0 saturated carbocycles. The van der Waals surface area contributed by atoms with Gasteiger partial charge in [0.15, 0.2) is 11.6 Å². The van der Waals surface area contributed by atoms with Crippen LogP contribution in [0, 0.1) is 0 Å². The van der Waals surface area contributed by atoms with Gasteiger partial charge in [0.05, 0.1) is 39.6 Å². The summed E-state index contributed by atoms with van der Waals surface area (Å²) in [7, 11) is 6.63. The third kappa shape index (κ3) is 10.7. The summed E-state index contributed by atoms with van der Waals surface area (Å²) in [6.07, 6.45) is 10.7. The Morgan fingerprint density at radius 3 is 0.963 bits per heavy atom. The monoisotopic (exact) mass is 1090 g/mol. The maximum Gasteiger partial charge on any atom is 0.243 e. The highest BCUT2D eigenvalue weighted by Gasteiger charge is 2.43. The highest BCUT2D eigenvalue weighted by atomic mass is 16.5. The number of fused-ring (bicyclic) bond motifs is 4. The minimum absolute atomic E-state index is 0.0420. The first-order valence-corrected chi connectivity index (χ1v) is 28.9. The predicted molar refractivity (Wildman–Crippen MR) is 339 cm³/mol. The van der Waals surface area contributed by atoms with Crippen LogP contribution in [-0.4, -0.2) is 63.6 Å². The number of benzene rings is 6. The van der Waals surface area contributed by atoms with Crippen LogP contribution in [0.5, 0.6) is 34.5 Å². The van der Waals surface area contributed by atoms with E-state index in [1.165, 1.54) is 44.3 Å². The smallest absolute Gasteiger partial charge is 0.243 e. The molecular weight excluding hydrogens is 1010 g/mol. The summed E-state index contributed by atoms with van der Waals surface area (Å²) in [5, 5.41) is 21.7. The van der Waals surface area contributed by atoms with Crippen LogP contribution < -0.4 is 40.8 Å². The number of phenolic OH excluding ortho intramolecular Hbond substituents is 2. The van der Waals surface area contributed by atoms with E-state index in [0.717, 1.165) is 66.4 Å². The average Bonchev–Trinajstić information content (AvgIpc) is 2.87. The van der Waals surface area contributed by atoms with Crippen molar-refractivity contribution in [2.24, 2.45) is 0 Å². The Labute approximate surface area is 487 Å². The van der Waals surface area contributed by atoms with Crippen LogP contribution in [-0.2, 0) is 9.59 Å². The molecule has 2 aliphatic carbocycles. The predicted octanol–water partition coefficient (Wildman–Crippen LogP) is 13.6. The zero-order chi connectivity index (χ0) is 59.2. The standard InChI is InChI=1S/2C36H39BO4/c2*1-20(2)23-16-28(21(3)4)36(29(17-23)22(5)6)37-30-18-24(38)12-14-26(30)34(27-15-13-25(39)19-31(27)37)35-32(40-7)10-9-11-33(35)41-8/h2*9-22,38H,1-8H3.